The Hall–Kier alpha value is -0.303. The molecule has 0 radical (unpaired) electrons. The molecule has 7 heavy (non-hydrogen) atoms. The predicted molar refractivity (Wildman–Crippen MR) is 38.7 cm³/mol. The summed E-state index contributed by atoms with van der Waals surface area (Å²) in [6.45, 7) is 7.29. The van der Waals surface area contributed by atoms with Crippen molar-refractivity contribution < 1.29 is 0 Å². The summed E-state index contributed by atoms with van der Waals surface area (Å²) in [5.41, 5.74) is 0.734. The van der Waals surface area contributed by atoms with Crippen molar-refractivity contribution in [3.8, 4) is 0 Å². The molecule has 0 aromatic heterocycles. The van der Waals surface area contributed by atoms with E-state index in [1.165, 1.54) is 10.2 Å². The van der Waals surface area contributed by atoms with E-state index in [1.807, 2.05) is 12.2 Å². The van der Waals surface area contributed by atoms with Gasteiger partial charge in [-0.2, -0.15) is 0 Å². The molecular formula is C6H12Si. The lowest BCUT2D eigenvalue weighted by Crippen LogP contribution is -1.81. The van der Waals surface area contributed by atoms with Gasteiger partial charge in [0.25, 0.3) is 0 Å². The summed E-state index contributed by atoms with van der Waals surface area (Å²) in [4.78, 5) is 0. The van der Waals surface area contributed by atoms with Gasteiger partial charge in [0.1, 0.15) is 0 Å². The summed E-state index contributed by atoms with van der Waals surface area (Å²) in [5.74, 6) is 0. The van der Waals surface area contributed by atoms with Crippen molar-refractivity contribution in [3.63, 3.8) is 0 Å². The number of hydrogen-bond donors (Lipinski definition) is 0. The van der Waals surface area contributed by atoms with E-state index >= 15 is 0 Å². The van der Waals surface area contributed by atoms with E-state index in [9.17, 15) is 0 Å². The third-order valence-electron chi connectivity index (χ3n) is 0.941. The summed E-state index contributed by atoms with van der Waals surface area (Å²) in [6, 6.07) is 0. The molecule has 0 heterocycles. The van der Waals surface area contributed by atoms with Crippen LogP contribution in [0.25, 0.3) is 0 Å². The topological polar surface area (TPSA) is 0 Å². The van der Waals surface area contributed by atoms with Crippen LogP contribution >= 0.6 is 0 Å². The first kappa shape index (κ1) is 6.70. The van der Waals surface area contributed by atoms with Crippen molar-refractivity contribution in [1.29, 1.82) is 0 Å². The molecule has 0 saturated carbocycles. The van der Waals surface area contributed by atoms with E-state index in [0.29, 0.717) is 0 Å². The SMILES string of the molecule is C=CCC([SiH3])C=C. The second kappa shape index (κ2) is 3.87. The van der Waals surface area contributed by atoms with Gasteiger partial charge in [-0.1, -0.05) is 12.2 Å². The number of rotatable bonds is 3. The molecule has 0 aliphatic carbocycles. The van der Waals surface area contributed by atoms with Crippen molar-refractivity contribution in [2.45, 2.75) is 12.0 Å². The van der Waals surface area contributed by atoms with Gasteiger partial charge in [-0.05, 0) is 12.0 Å². The van der Waals surface area contributed by atoms with E-state index in [-0.39, 0.29) is 0 Å². The molecule has 0 fully saturated rings. The average molecular weight is 112 g/mol. The van der Waals surface area contributed by atoms with Crippen molar-refractivity contribution in [1.82, 2.24) is 0 Å². The Balaban J connectivity index is 3.15. The molecule has 1 atom stereocenters. The van der Waals surface area contributed by atoms with Gasteiger partial charge in [-0.15, -0.1) is 13.2 Å². The maximum Gasteiger partial charge on any atom is 0.0119 e. The molecule has 1 heteroatoms. The second-order valence-corrected chi connectivity index (χ2v) is 3.22. The molecule has 0 aliphatic rings. The van der Waals surface area contributed by atoms with Gasteiger partial charge < -0.3 is 0 Å². The maximum atomic E-state index is 3.67. The third kappa shape index (κ3) is 3.53. The Morgan fingerprint density at radius 2 is 2.14 bits per heavy atom. The minimum absolute atomic E-state index is 0.734. The molecule has 0 spiro atoms. The van der Waals surface area contributed by atoms with Crippen LogP contribution < -0.4 is 0 Å². The highest BCUT2D eigenvalue weighted by Gasteiger charge is 1.86. The zero-order valence-electron chi connectivity index (χ0n) is 4.85. The summed E-state index contributed by atoms with van der Waals surface area (Å²) in [7, 11) is 1.21. The standard InChI is InChI=1S/C6H12Si/c1-3-5-6(7)4-2/h3-4,6H,1-2,5H2,7H3. The van der Waals surface area contributed by atoms with Crippen LogP contribution in [-0.4, -0.2) is 10.2 Å². The van der Waals surface area contributed by atoms with E-state index < -0.39 is 0 Å². The highest BCUT2D eigenvalue weighted by molar-refractivity contribution is 6.12. The van der Waals surface area contributed by atoms with Crippen molar-refractivity contribution in [2.75, 3.05) is 0 Å². The van der Waals surface area contributed by atoms with Crippen LogP contribution in [-0.2, 0) is 0 Å². The van der Waals surface area contributed by atoms with Crippen LogP contribution in [0.4, 0.5) is 0 Å². The summed E-state index contributed by atoms with van der Waals surface area (Å²) >= 11 is 0. The predicted octanol–water partition coefficient (Wildman–Crippen LogP) is 0.902. The van der Waals surface area contributed by atoms with E-state index in [2.05, 4.69) is 13.2 Å². The Bertz CT molecular complexity index is 66.6. The Kier molecular flexibility index (Phi) is 3.70. The molecular weight excluding hydrogens is 100 g/mol. The van der Waals surface area contributed by atoms with Gasteiger partial charge in [-0.25, -0.2) is 0 Å². The highest BCUT2D eigenvalue weighted by Crippen LogP contribution is 2.04. The lowest BCUT2D eigenvalue weighted by molar-refractivity contribution is 1.05. The van der Waals surface area contributed by atoms with E-state index in [1.54, 1.807) is 0 Å². The van der Waals surface area contributed by atoms with Crippen LogP contribution in [0.1, 0.15) is 6.42 Å². The monoisotopic (exact) mass is 112 g/mol. The zero-order valence-corrected chi connectivity index (χ0v) is 6.85. The molecule has 0 amide bonds. The number of hydrogen-bond acceptors (Lipinski definition) is 0. The van der Waals surface area contributed by atoms with Gasteiger partial charge in [0.15, 0.2) is 0 Å². The molecule has 1 unspecified atom stereocenters. The smallest absolute Gasteiger partial charge is 0.0119 e. The van der Waals surface area contributed by atoms with Crippen molar-refractivity contribution in [2.24, 2.45) is 0 Å². The minimum atomic E-state index is 0.734. The van der Waals surface area contributed by atoms with Crippen LogP contribution in [0, 0.1) is 0 Å². The third-order valence-corrected chi connectivity index (χ3v) is 1.88. The van der Waals surface area contributed by atoms with E-state index in [4.69, 9.17) is 0 Å². The van der Waals surface area contributed by atoms with E-state index in [0.717, 1.165) is 12.0 Å². The maximum absolute atomic E-state index is 3.67. The fraction of sp³-hybridized carbons (Fsp3) is 0.333. The summed E-state index contributed by atoms with van der Waals surface area (Å²) in [5, 5.41) is 0. The molecule has 0 rings (SSSR count). The van der Waals surface area contributed by atoms with Gasteiger partial charge >= 0.3 is 0 Å². The molecule has 0 bridgehead atoms. The van der Waals surface area contributed by atoms with Crippen LogP contribution in [0.3, 0.4) is 0 Å². The van der Waals surface area contributed by atoms with Crippen molar-refractivity contribution in [3.05, 3.63) is 25.3 Å². The molecule has 0 aromatic rings. The van der Waals surface area contributed by atoms with Gasteiger partial charge in [-0.3, -0.25) is 0 Å². The Morgan fingerprint density at radius 1 is 1.57 bits per heavy atom. The lowest BCUT2D eigenvalue weighted by atomic mass is 10.3. The normalized spacial score (nSPS) is 13.1. The van der Waals surface area contributed by atoms with Crippen LogP contribution in [0.15, 0.2) is 25.3 Å². The fourth-order valence-corrected chi connectivity index (χ4v) is 0.692. The largest absolute Gasteiger partial charge is 0.103 e. The van der Waals surface area contributed by atoms with Gasteiger partial charge in [0, 0.05) is 10.2 Å². The molecule has 0 saturated heterocycles. The highest BCUT2D eigenvalue weighted by atomic mass is 28.1. The van der Waals surface area contributed by atoms with Gasteiger partial charge in [0.05, 0.1) is 0 Å². The zero-order chi connectivity index (χ0) is 5.70. The van der Waals surface area contributed by atoms with Gasteiger partial charge in [0.2, 0.25) is 0 Å². The minimum Gasteiger partial charge on any atom is -0.103 e. The summed E-state index contributed by atoms with van der Waals surface area (Å²) < 4.78 is 0. The van der Waals surface area contributed by atoms with Crippen LogP contribution in [0.2, 0.25) is 5.54 Å². The Labute approximate surface area is 48.4 Å². The summed E-state index contributed by atoms with van der Waals surface area (Å²) in [6.07, 6.45) is 5.04. The molecule has 0 N–H and O–H groups in total. The quantitative estimate of drug-likeness (QED) is 0.376. The Morgan fingerprint density at radius 3 is 2.29 bits per heavy atom. The molecule has 0 nitrogen and oxygen atoms in total. The molecule has 0 aromatic carbocycles. The van der Waals surface area contributed by atoms with Crippen molar-refractivity contribution >= 4 is 10.2 Å². The lowest BCUT2D eigenvalue weighted by Gasteiger charge is -1.95. The fourth-order valence-electron chi connectivity index (χ4n) is 0.359. The number of allylic oxidation sites excluding steroid dienone is 2. The van der Waals surface area contributed by atoms with Crippen LogP contribution in [0.5, 0.6) is 0 Å². The second-order valence-electron chi connectivity index (χ2n) is 1.74. The average Bonchev–Trinajstić information content (AvgIpc) is 1.68. The molecule has 40 valence electrons. The first-order valence-corrected chi connectivity index (χ1v) is 3.70. The molecule has 0 aliphatic heterocycles. The first-order chi connectivity index (χ1) is 3.31. The first-order valence-electron chi connectivity index (χ1n) is 2.54.